The molecule has 0 bridgehead atoms. The zero-order valence-corrected chi connectivity index (χ0v) is 7.57. The predicted octanol–water partition coefficient (Wildman–Crippen LogP) is 2.32. The van der Waals surface area contributed by atoms with Gasteiger partial charge in [-0.1, -0.05) is 36.9 Å². The van der Waals surface area contributed by atoms with Gasteiger partial charge in [0.1, 0.15) is 12.4 Å². The molecule has 0 heterocycles. The summed E-state index contributed by atoms with van der Waals surface area (Å²) in [5.74, 6) is 0.0769. The summed E-state index contributed by atoms with van der Waals surface area (Å²) in [6.45, 7) is 4.17. The normalized spacial score (nSPS) is 9.85. The molecule has 1 aromatic carbocycles. The summed E-state index contributed by atoms with van der Waals surface area (Å²) in [4.78, 5) is 0. The number of benzene rings is 1. The Hall–Kier alpha value is -1.28. The molecule has 0 saturated heterocycles. The average Bonchev–Trinajstić information content (AvgIpc) is 2.14. The van der Waals surface area contributed by atoms with Crippen molar-refractivity contribution in [2.45, 2.75) is 6.42 Å². The van der Waals surface area contributed by atoms with Crippen molar-refractivity contribution in [1.29, 1.82) is 0 Å². The maximum atomic E-state index is 8.73. The zero-order chi connectivity index (χ0) is 9.52. The maximum absolute atomic E-state index is 8.73. The molecule has 1 rings (SSSR count). The molecule has 0 atom stereocenters. The van der Waals surface area contributed by atoms with Gasteiger partial charge in [-0.25, -0.2) is 0 Å². The van der Waals surface area contributed by atoms with E-state index in [0.29, 0.717) is 6.61 Å². The maximum Gasteiger partial charge on any atom is 0.111 e. The Labute approximate surface area is 78.5 Å². The highest BCUT2D eigenvalue weighted by Gasteiger charge is 1.92. The molecule has 0 saturated carbocycles. The molecule has 2 heteroatoms. The van der Waals surface area contributed by atoms with Gasteiger partial charge in [-0.05, 0) is 12.0 Å². The molecule has 0 radical (unpaired) electrons. The number of hydrogen-bond donors (Lipinski definition) is 1. The molecular formula is C11H14O2. The molecule has 2 nitrogen and oxygen atoms in total. The van der Waals surface area contributed by atoms with E-state index in [2.05, 4.69) is 18.7 Å². The van der Waals surface area contributed by atoms with Gasteiger partial charge in [-0.15, -0.1) is 0 Å². The van der Waals surface area contributed by atoms with E-state index in [4.69, 9.17) is 9.84 Å². The second kappa shape index (κ2) is 5.38. The Morgan fingerprint density at radius 1 is 1.31 bits per heavy atom. The summed E-state index contributed by atoms with van der Waals surface area (Å²) in [7, 11) is 0. The van der Waals surface area contributed by atoms with E-state index < -0.39 is 0 Å². The first-order valence-electron chi connectivity index (χ1n) is 4.27. The van der Waals surface area contributed by atoms with Crippen LogP contribution >= 0.6 is 0 Å². The molecule has 13 heavy (non-hydrogen) atoms. The Kier molecular flexibility index (Phi) is 4.06. The van der Waals surface area contributed by atoms with Gasteiger partial charge in [0.05, 0.1) is 6.61 Å². The van der Waals surface area contributed by atoms with Crippen LogP contribution < -0.4 is 0 Å². The number of hydrogen-bond acceptors (Lipinski definition) is 2. The summed E-state index contributed by atoms with van der Waals surface area (Å²) in [5.41, 5.74) is 1.24. The summed E-state index contributed by atoms with van der Waals surface area (Å²) in [5, 5.41) is 8.73. The van der Waals surface area contributed by atoms with E-state index in [-0.39, 0.29) is 12.4 Å². The van der Waals surface area contributed by atoms with Crippen molar-refractivity contribution in [3.05, 3.63) is 48.2 Å². The van der Waals surface area contributed by atoms with E-state index in [1.807, 2.05) is 18.2 Å². The fourth-order valence-electron chi connectivity index (χ4n) is 1.02. The summed E-state index contributed by atoms with van der Waals surface area (Å²) >= 11 is 0. The van der Waals surface area contributed by atoms with Crippen LogP contribution in [-0.4, -0.2) is 18.3 Å². The molecule has 1 N–H and O–H groups in total. The monoisotopic (exact) mass is 178 g/mol. The average molecular weight is 178 g/mol. The molecule has 1 aromatic rings. The quantitative estimate of drug-likeness (QED) is 0.554. The van der Waals surface area contributed by atoms with Gasteiger partial charge in [0.2, 0.25) is 0 Å². The third-order valence-corrected chi connectivity index (χ3v) is 1.65. The highest BCUT2D eigenvalue weighted by atomic mass is 16.5. The summed E-state index contributed by atoms with van der Waals surface area (Å²) in [6.07, 6.45) is 0.869. The number of rotatable bonds is 5. The molecule has 0 spiro atoms. The van der Waals surface area contributed by atoms with Gasteiger partial charge in [0.15, 0.2) is 0 Å². The molecule has 0 aliphatic carbocycles. The second-order valence-electron chi connectivity index (χ2n) is 2.85. The minimum Gasteiger partial charge on any atom is -0.510 e. The van der Waals surface area contributed by atoms with Crippen molar-refractivity contribution >= 4 is 0 Å². The Balaban J connectivity index is 2.17. The minimum atomic E-state index is 0.0769. The fourth-order valence-corrected chi connectivity index (χ4v) is 1.02. The lowest BCUT2D eigenvalue weighted by Crippen LogP contribution is -2.01. The third-order valence-electron chi connectivity index (χ3n) is 1.65. The van der Waals surface area contributed by atoms with Crippen LogP contribution in [0, 0.1) is 0 Å². The predicted molar refractivity (Wildman–Crippen MR) is 52.7 cm³/mol. The lowest BCUT2D eigenvalue weighted by atomic mass is 10.2. The number of ether oxygens (including phenoxy) is 1. The van der Waals surface area contributed by atoms with Gasteiger partial charge in [-0.2, -0.15) is 0 Å². The van der Waals surface area contributed by atoms with Crippen LogP contribution in [0.2, 0.25) is 0 Å². The SMILES string of the molecule is C=C(O)COCCc1ccccc1. The topological polar surface area (TPSA) is 29.5 Å². The number of aliphatic hydroxyl groups excluding tert-OH is 1. The van der Waals surface area contributed by atoms with Crippen LogP contribution in [0.1, 0.15) is 5.56 Å². The van der Waals surface area contributed by atoms with Crippen molar-refractivity contribution in [2.24, 2.45) is 0 Å². The van der Waals surface area contributed by atoms with Crippen LogP contribution in [-0.2, 0) is 11.2 Å². The van der Waals surface area contributed by atoms with Gasteiger partial charge in [0, 0.05) is 0 Å². The van der Waals surface area contributed by atoms with Crippen molar-refractivity contribution < 1.29 is 9.84 Å². The molecule has 0 fully saturated rings. The van der Waals surface area contributed by atoms with Gasteiger partial charge < -0.3 is 9.84 Å². The molecule has 0 unspecified atom stereocenters. The van der Waals surface area contributed by atoms with Crippen molar-refractivity contribution in [2.75, 3.05) is 13.2 Å². The molecule has 0 aliphatic rings. The standard InChI is InChI=1S/C11H14O2/c1-10(12)9-13-8-7-11-5-3-2-4-6-11/h2-6,12H,1,7-9H2. The van der Waals surface area contributed by atoms with Gasteiger partial charge in [-0.3, -0.25) is 0 Å². The van der Waals surface area contributed by atoms with Gasteiger partial charge in [0.25, 0.3) is 0 Å². The van der Waals surface area contributed by atoms with Crippen LogP contribution in [0.25, 0.3) is 0 Å². The largest absolute Gasteiger partial charge is 0.510 e. The number of aliphatic hydroxyl groups is 1. The van der Waals surface area contributed by atoms with Crippen molar-refractivity contribution in [3.8, 4) is 0 Å². The van der Waals surface area contributed by atoms with Crippen molar-refractivity contribution in [1.82, 2.24) is 0 Å². The van der Waals surface area contributed by atoms with Crippen molar-refractivity contribution in [3.63, 3.8) is 0 Å². The molecular weight excluding hydrogens is 164 g/mol. The van der Waals surface area contributed by atoms with E-state index >= 15 is 0 Å². The van der Waals surface area contributed by atoms with E-state index in [1.165, 1.54) is 5.56 Å². The highest BCUT2D eigenvalue weighted by Crippen LogP contribution is 1.99. The molecule has 0 amide bonds. The van der Waals surface area contributed by atoms with Crippen LogP contribution in [0.3, 0.4) is 0 Å². The zero-order valence-electron chi connectivity index (χ0n) is 7.57. The van der Waals surface area contributed by atoms with E-state index in [0.717, 1.165) is 6.42 Å². The lowest BCUT2D eigenvalue weighted by Gasteiger charge is -2.02. The minimum absolute atomic E-state index is 0.0769. The first kappa shape index (κ1) is 9.81. The van der Waals surface area contributed by atoms with Gasteiger partial charge >= 0.3 is 0 Å². The molecule has 70 valence electrons. The second-order valence-corrected chi connectivity index (χ2v) is 2.85. The third kappa shape index (κ3) is 4.33. The molecule has 0 aliphatic heterocycles. The highest BCUT2D eigenvalue weighted by molar-refractivity contribution is 5.14. The van der Waals surface area contributed by atoms with Crippen LogP contribution in [0.4, 0.5) is 0 Å². The summed E-state index contributed by atoms with van der Waals surface area (Å²) in [6, 6.07) is 10.1. The Bertz CT molecular complexity index is 254. The Morgan fingerprint density at radius 2 is 2.00 bits per heavy atom. The smallest absolute Gasteiger partial charge is 0.111 e. The fraction of sp³-hybridized carbons (Fsp3) is 0.273. The van der Waals surface area contributed by atoms with Crippen LogP contribution in [0.5, 0.6) is 0 Å². The molecule has 0 aromatic heterocycles. The first-order chi connectivity index (χ1) is 6.29. The van der Waals surface area contributed by atoms with Crippen LogP contribution in [0.15, 0.2) is 42.7 Å². The Morgan fingerprint density at radius 3 is 2.62 bits per heavy atom. The van der Waals surface area contributed by atoms with E-state index in [9.17, 15) is 0 Å². The first-order valence-corrected chi connectivity index (χ1v) is 4.27. The summed E-state index contributed by atoms with van der Waals surface area (Å²) < 4.78 is 5.15. The van der Waals surface area contributed by atoms with E-state index in [1.54, 1.807) is 0 Å². The lowest BCUT2D eigenvalue weighted by molar-refractivity contribution is 0.131.